The molecule has 0 saturated carbocycles. The number of hydrogen-bond acceptors (Lipinski definition) is 7. The number of hydrogen-bond donors (Lipinski definition) is 2. The van der Waals surface area contributed by atoms with Gasteiger partial charge in [-0.3, -0.25) is 19.7 Å². The molecule has 0 unspecified atom stereocenters. The lowest BCUT2D eigenvalue weighted by Gasteiger charge is -2.17. The first-order valence-electron chi connectivity index (χ1n) is 9.04. The number of anilines is 1. The summed E-state index contributed by atoms with van der Waals surface area (Å²) in [6.45, 7) is 4.22. The number of carbonyl (C=O) groups excluding carboxylic acids is 3. The molecule has 1 aromatic rings. The Morgan fingerprint density at radius 3 is 2.50 bits per heavy atom. The molecular weight excluding hydrogens is 368 g/mol. The quantitative estimate of drug-likeness (QED) is 0.383. The molecular formula is C18H24N4O6. The second kappa shape index (κ2) is 9.67. The van der Waals surface area contributed by atoms with E-state index in [0.717, 1.165) is 32.0 Å². The van der Waals surface area contributed by atoms with E-state index >= 15 is 0 Å². The van der Waals surface area contributed by atoms with E-state index in [-0.39, 0.29) is 29.7 Å². The van der Waals surface area contributed by atoms with Crippen molar-refractivity contribution in [1.29, 1.82) is 0 Å². The molecule has 2 N–H and O–H groups in total. The summed E-state index contributed by atoms with van der Waals surface area (Å²) in [5, 5.41) is 16.3. The van der Waals surface area contributed by atoms with Crippen LogP contribution in [0.25, 0.3) is 0 Å². The molecule has 152 valence electrons. The van der Waals surface area contributed by atoms with Crippen LogP contribution in [-0.2, 0) is 14.3 Å². The number of benzene rings is 1. The van der Waals surface area contributed by atoms with Crippen molar-refractivity contribution in [2.75, 3.05) is 31.1 Å². The average molecular weight is 392 g/mol. The number of ether oxygens (including phenoxy) is 1. The minimum absolute atomic E-state index is 0.0139. The first kappa shape index (κ1) is 21.1. The Hall–Kier alpha value is -3.17. The molecule has 2 rings (SSSR count). The lowest BCUT2D eigenvalue weighted by molar-refractivity contribution is -0.384. The molecule has 1 fully saturated rings. The molecule has 0 aliphatic carbocycles. The van der Waals surface area contributed by atoms with E-state index in [0.29, 0.717) is 5.69 Å². The van der Waals surface area contributed by atoms with Gasteiger partial charge in [-0.25, -0.2) is 4.79 Å². The maximum atomic E-state index is 12.1. The molecule has 1 aliphatic rings. The minimum atomic E-state index is -0.849. The van der Waals surface area contributed by atoms with Crippen LogP contribution in [0.4, 0.5) is 11.4 Å². The van der Waals surface area contributed by atoms with Crippen molar-refractivity contribution >= 4 is 29.2 Å². The Kier molecular flexibility index (Phi) is 7.30. The van der Waals surface area contributed by atoms with Crippen molar-refractivity contribution < 1.29 is 24.0 Å². The predicted octanol–water partition coefficient (Wildman–Crippen LogP) is 0.993. The van der Waals surface area contributed by atoms with Crippen molar-refractivity contribution in [2.45, 2.75) is 32.7 Å². The fraction of sp³-hybridized carbons (Fsp3) is 0.500. The fourth-order valence-electron chi connectivity index (χ4n) is 2.84. The van der Waals surface area contributed by atoms with Crippen LogP contribution in [0.1, 0.15) is 37.0 Å². The van der Waals surface area contributed by atoms with Gasteiger partial charge in [-0.05, 0) is 38.8 Å². The van der Waals surface area contributed by atoms with Crippen molar-refractivity contribution in [3.05, 3.63) is 33.9 Å². The summed E-state index contributed by atoms with van der Waals surface area (Å²) in [6, 6.07) is 4.07. The number of nitro groups is 1. The van der Waals surface area contributed by atoms with Gasteiger partial charge in [-0.15, -0.1) is 0 Å². The van der Waals surface area contributed by atoms with E-state index in [1.54, 1.807) is 13.8 Å². The first-order chi connectivity index (χ1) is 13.3. The minimum Gasteiger partial charge on any atom is -0.452 e. The highest BCUT2D eigenvalue weighted by atomic mass is 16.6. The zero-order chi connectivity index (χ0) is 20.7. The van der Waals surface area contributed by atoms with Crippen molar-refractivity contribution in [2.24, 2.45) is 0 Å². The first-order valence-corrected chi connectivity index (χ1v) is 9.04. The summed E-state index contributed by atoms with van der Waals surface area (Å²) in [5.74, 6) is -1.85. The zero-order valence-corrected chi connectivity index (χ0v) is 15.9. The van der Waals surface area contributed by atoms with E-state index in [2.05, 4.69) is 10.6 Å². The van der Waals surface area contributed by atoms with Gasteiger partial charge in [0.1, 0.15) is 5.69 Å². The van der Waals surface area contributed by atoms with Gasteiger partial charge < -0.3 is 20.3 Å². The molecule has 0 spiro atoms. The van der Waals surface area contributed by atoms with E-state index < -0.39 is 23.4 Å². The maximum Gasteiger partial charge on any atom is 0.338 e. The summed E-state index contributed by atoms with van der Waals surface area (Å²) < 4.78 is 4.88. The van der Waals surface area contributed by atoms with E-state index in [4.69, 9.17) is 4.74 Å². The van der Waals surface area contributed by atoms with Gasteiger partial charge in [-0.1, -0.05) is 0 Å². The molecule has 1 aliphatic heterocycles. The number of amides is 2. The summed E-state index contributed by atoms with van der Waals surface area (Å²) in [4.78, 5) is 48.0. The molecule has 1 saturated heterocycles. The fourth-order valence-corrected chi connectivity index (χ4v) is 2.84. The Bertz CT molecular complexity index is 758. The lowest BCUT2D eigenvalue weighted by atomic mass is 10.1. The molecule has 1 heterocycles. The molecule has 10 nitrogen and oxygen atoms in total. The molecule has 0 radical (unpaired) electrons. The largest absolute Gasteiger partial charge is 0.452 e. The average Bonchev–Trinajstić information content (AvgIpc) is 3.17. The highest BCUT2D eigenvalue weighted by Gasteiger charge is 2.24. The molecule has 0 aromatic heterocycles. The Morgan fingerprint density at radius 1 is 1.21 bits per heavy atom. The number of esters is 1. The van der Waals surface area contributed by atoms with Crippen LogP contribution in [-0.4, -0.2) is 55.0 Å². The van der Waals surface area contributed by atoms with Gasteiger partial charge in [0.15, 0.2) is 6.61 Å². The van der Waals surface area contributed by atoms with Crippen LogP contribution in [0, 0.1) is 10.1 Å². The van der Waals surface area contributed by atoms with Crippen LogP contribution < -0.4 is 15.5 Å². The second-order valence-electron chi connectivity index (χ2n) is 6.73. The molecule has 0 atom stereocenters. The van der Waals surface area contributed by atoms with Crippen LogP contribution >= 0.6 is 0 Å². The van der Waals surface area contributed by atoms with Crippen LogP contribution in [0.5, 0.6) is 0 Å². The highest BCUT2D eigenvalue weighted by molar-refractivity contribution is 5.93. The maximum absolute atomic E-state index is 12.1. The van der Waals surface area contributed by atoms with E-state index in [9.17, 15) is 24.5 Å². The third-order valence-electron chi connectivity index (χ3n) is 4.08. The van der Waals surface area contributed by atoms with Crippen LogP contribution in [0.3, 0.4) is 0 Å². The van der Waals surface area contributed by atoms with Gasteiger partial charge in [0.2, 0.25) is 5.91 Å². The summed E-state index contributed by atoms with van der Waals surface area (Å²) in [5.41, 5.74) is 0.277. The predicted molar refractivity (Wildman–Crippen MR) is 101 cm³/mol. The third kappa shape index (κ3) is 5.93. The summed E-state index contributed by atoms with van der Waals surface area (Å²) in [6.07, 6.45) is 1.93. The van der Waals surface area contributed by atoms with E-state index in [1.807, 2.05) is 4.90 Å². The summed E-state index contributed by atoms with van der Waals surface area (Å²) >= 11 is 0. The number of nitrogens with one attached hydrogen (secondary N) is 2. The standard InChI is InChI=1S/C18H24N4O6/c1-12(2)20-16(23)10-19-17(24)11-28-18(25)13-5-6-14(15(9-13)22(26)27)21-7-3-4-8-21/h5-6,9,12H,3-4,7-8,10-11H2,1-2H3,(H,19,24)(H,20,23). The lowest BCUT2D eigenvalue weighted by Crippen LogP contribution is -2.41. The van der Waals surface area contributed by atoms with E-state index in [1.165, 1.54) is 12.1 Å². The number of nitrogens with zero attached hydrogens (tertiary/aromatic N) is 2. The van der Waals surface area contributed by atoms with Gasteiger partial charge in [0.05, 0.1) is 17.0 Å². The molecule has 1 aromatic carbocycles. The van der Waals surface area contributed by atoms with Crippen LogP contribution in [0.2, 0.25) is 0 Å². The molecule has 10 heteroatoms. The SMILES string of the molecule is CC(C)NC(=O)CNC(=O)COC(=O)c1ccc(N2CCCC2)c([N+](=O)[O-])c1. The Labute approximate surface area is 162 Å². The van der Waals surface area contributed by atoms with Crippen LogP contribution in [0.15, 0.2) is 18.2 Å². The normalized spacial score (nSPS) is 13.3. The molecule has 0 bridgehead atoms. The Morgan fingerprint density at radius 2 is 1.89 bits per heavy atom. The topological polar surface area (TPSA) is 131 Å². The second-order valence-corrected chi connectivity index (χ2v) is 6.73. The number of carbonyl (C=O) groups is 3. The third-order valence-corrected chi connectivity index (χ3v) is 4.08. The zero-order valence-electron chi connectivity index (χ0n) is 15.9. The van der Waals surface area contributed by atoms with Gasteiger partial charge >= 0.3 is 5.97 Å². The van der Waals surface area contributed by atoms with Crippen molar-refractivity contribution in [1.82, 2.24) is 10.6 Å². The van der Waals surface area contributed by atoms with Gasteiger partial charge in [0.25, 0.3) is 11.6 Å². The Balaban J connectivity index is 1.93. The summed E-state index contributed by atoms with van der Waals surface area (Å²) in [7, 11) is 0. The molecule has 2 amide bonds. The monoisotopic (exact) mass is 392 g/mol. The van der Waals surface area contributed by atoms with Gasteiger partial charge in [-0.2, -0.15) is 0 Å². The highest BCUT2D eigenvalue weighted by Crippen LogP contribution is 2.31. The number of rotatable bonds is 8. The number of nitro benzene ring substituents is 1. The smallest absolute Gasteiger partial charge is 0.338 e. The van der Waals surface area contributed by atoms with Crippen molar-refractivity contribution in [3.8, 4) is 0 Å². The van der Waals surface area contributed by atoms with Crippen molar-refractivity contribution in [3.63, 3.8) is 0 Å². The molecule has 28 heavy (non-hydrogen) atoms. The van der Waals surface area contributed by atoms with Gasteiger partial charge in [0, 0.05) is 25.2 Å².